The lowest BCUT2D eigenvalue weighted by molar-refractivity contribution is -0.141. The van der Waals surface area contributed by atoms with Crippen LogP contribution in [0.4, 0.5) is 18.9 Å². The van der Waals surface area contributed by atoms with Gasteiger partial charge in [-0.25, -0.2) is 9.97 Å². The number of aryl methyl sites for hydroxylation is 2. The minimum Gasteiger partial charge on any atom is -0.321 e. The molecule has 0 radical (unpaired) electrons. The summed E-state index contributed by atoms with van der Waals surface area (Å²) in [5, 5.41) is 3.00. The Balaban J connectivity index is 1.99. The van der Waals surface area contributed by atoms with Gasteiger partial charge in [-0.05, 0) is 37.6 Å². The van der Waals surface area contributed by atoms with E-state index in [0.717, 1.165) is 0 Å². The summed E-state index contributed by atoms with van der Waals surface area (Å²) in [5.74, 6) is -0.864. The van der Waals surface area contributed by atoms with Gasteiger partial charge in [0.15, 0.2) is 5.69 Å². The second-order valence-electron chi connectivity index (χ2n) is 5.73. The summed E-state index contributed by atoms with van der Waals surface area (Å²) >= 11 is 6.70. The molecule has 1 amide bonds. The van der Waals surface area contributed by atoms with E-state index in [9.17, 15) is 18.0 Å². The van der Waals surface area contributed by atoms with Crippen LogP contribution < -0.4 is 5.32 Å². The maximum atomic E-state index is 13.1. The number of hydrogen-bond acceptors (Lipinski definition) is 4. The maximum Gasteiger partial charge on any atom is 0.435 e. The van der Waals surface area contributed by atoms with Crippen LogP contribution in [0.5, 0.6) is 0 Å². The number of alkyl halides is 3. The van der Waals surface area contributed by atoms with Crippen molar-refractivity contribution in [2.75, 3.05) is 5.32 Å². The number of hydrogen-bond donors (Lipinski definition) is 1. The number of nitrogens with zero attached hydrogens (tertiary/aromatic N) is 2. The van der Waals surface area contributed by atoms with Crippen molar-refractivity contribution in [3.63, 3.8) is 0 Å². The number of amides is 1. The van der Waals surface area contributed by atoms with Crippen molar-refractivity contribution in [3.05, 3.63) is 62.8 Å². The summed E-state index contributed by atoms with van der Waals surface area (Å²) in [4.78, 5) is 19.6. The fourth-order valence-electron chi connectivity index (χ4n) is 2.58. The van der Waals surface area contributed by atoms with Gasteiger partial charge in [-0.2, -0.15) is 13.2 Å². The molecule has 0 aliphatic carbocycles. The zero-order valence-corrected chi connectivity index (χ0v) is 15.8. The number of rotatable bonds is 3. The van der Waals surface area contributed by atoms with Gasteiger partial charge in [-0.15, -0.1) is 11.3 Å². The lowest BCUT2D eigenvalue weighted by atomic mass is 10.0. The molecular formula is C18H13ClF3N3OS. The smallest absolute Gasteiger partial charge is 0.321 e. The number of carbonyl (C=O) groups excluding carboxylic acids is 1. The topological polar surface area (TPSA) is 54.9 Å². The van der Waals surface area contributed by atoms with Crippen molar-refractivity contribution >= 4 is 34.5 Å². The summed E-state index contributed by atoms with van der Waals surface area (Å²) in [6.07, 6.45) is -4.70. The Bertz CT molecular complexity index is 997. The summed E-state index contributed by atoms with van der Waals surface area (Å²) in [6.45, 7) is 3.19. The third-order valence-electron chi connectivity index (χ3n) is 3.62. The Morgan fingerprint density at radius 2 is 1.85 bits per heavy atom. The zero-order valence-electron chi connectivity index (χ0n) is 14.2. The molecule has 2 heterocycles. The van der Waals surface area contributed by atoms with E-state index in [4.69, 9.17) is 11.6 Å². The molecule has 140 valence electrons. The summed E-state index contributed by atoms with van der Waals surface area (Å²) in [6, 6.07) is 10.2. The number of aromatic nitrogens is 2. The van der Waals surface area contributed by atoms with Crippen LogP contribution in [0, 0.1) is 13.8 Å². The Hall–Kier alpha value is -2.45. The van der Waals surface area contributed by atoms with E-state index in [1.807, 2.05) is 0 Å². The van der Waals surface area contributed by atoms with E-state index in [2.05, 4.69) is 15.3 Å². The average molecular weight is 412 g/mol. The van der Waals surface area contributed by atoms with E-state index < -0.39 is 22.7 Å². The molecule has 2 aromatic heterocycles. The number of halogens is 4. The lowest BCUT2D eigenvalue weighted by Gasteiger charge is -2.12. The van der Waals surface area contributed by atoms with Crippen LogP contribution >= 0.6 is 22.9 Å². The molecule has 3 rings (SSSR count). The first-order valence-corrected chi connectivity index (χ1v) is 8.94. The fourth-order valence-corrected chi connectivity index (χ4v) is 3.66. The van der Waals surface area contributed by atoms with Crippen molar-refractivity contribution in [3.8, 4) is 11.1 Å². The van der Waals surface area contributed by atoms with Gasteiger partial charge in [0.05, 0.1) is 5.01 Å². The van der Waals surface area contributed by atoms with Gasteiger partial charge in [0, 0.05) is 16.9 Å². The van der Waals surface area contributed by atoms with Crippen LogP contribution in [0.3, 0.4) is 0 Å². The van der Waals surface area contributed by atoms with Crippen LogP contribution in [0.15, 0.2) is 36.4 Å². The molecule has 1 N–H and O–H groups in total. The van der Waals surface area contributed by atoms with Crippen LogP contribution in [0.1, 0.15) is 26.1 Å². The SMILES string of the molecule is Cc1cc(-c2ccccc2NC(=O)c2sc(C)nc2C(F)(F)F)cc(Cl)n1. The first-order valence-electron chi connectivity index (χ1n) is 7.74. The van der Waals surface area contributed by atoms with Crippen LogP contribution in [-0.2, 0) is 6.18 Å². The van der Waals surface area contributed by atoms with E-state index in [1.165, 1.54) is 6.92 Å². The average Bonchev–Trinajstić information content (AvgIpc) is 2.97. The molecule has 0 atom stereocenters. The lowest BCUT2D eigenvalue weighted by Crippen LogP contribution is -2.17. The molecule has 0 aliphatic rings. The maximum absolute atomic E-state index is 13.1. The van der Waals surface area contributed by atoms with Crippen LogP contribution in [0.2, 0.25) is 5.15 Å². The number of pyridine rings is 1. The minimum atomic E-state index is -4.70. The largest absolute Gasteiger partial charge is 0.435 e. The first kappa shape index (κ1) is 19.3. The molecule has 0 spiro atoms. The van der Waals surface area contributed by atoms with Crippen LogP contribution in [-0.4, -0.2) is 15.9 Å². The van der Waals surface area contributed by atoms with Crippen LogP contribution in [0.25, 0.3) is 11.1 Å². The minimum absolute atomic E-state index is 0.164. The van der Waals surface area contributed by atoms with Crippen molar-refractivity contribution in [1.82, 2.24) is 9.97 Å². The number of thiazole rings is 1. The highest BCUT2D eigenvalue weighted by Gasteiger charge is 2.39. The third-order valence-corrected chi connectivity index (χ3v) is 4.78. The summed E-state index contributed by atoms with van der Waals surface area (Å²) < 4.78 is 39.4. The van der Waals surface area contributed by atoms with E-state index in [-0.39, 0.29) is 10.2 Å². The van der Waals surface area contributed by atoms with Crippen molar-refractivity contribution in [2.45, 2.75) is 20.0 Å². The number of carbonyl (C=O) groups is 1. The Morgan fingerprint density at radius 3 is 2.52 bits per heavy atom. The van der Waals surface area contributed by atoms with Crippen molar-refractivity contribution < 1.29 is 18.0 Å². The van der Waals surface area contributed by atoms with Gasteiger partial charge < -0.3 is 5.32 Å². The molecule has 0 unspecified atom stereocenters. The van der Waals surface area contributed by atoms with Gasteiger partial charge in [-0.1, -0.05) is 29.8 Å². The second kappa shape index (κ2) is 7.28. The quantitative estimate of drug-likeness (QED) is 0.558. The molecule has 0 fully saturated rings. The molecule has 0 saturated carbocycles. The Labute approximate surface area is 162 Å². The fraction of sp³-hybridized carbons (Fsp3) is 0.167. The predicted octanol–water partition coefficient (Wildman–Crippen LogP) is 5.75. The monoisotopic (exact) mass is 411 g/mol. The number of anilines is 1. The predicted molar refractivity (Wildman–Crippen MR) is 99.2 cm³/mol. The van der Waals surface area contributed by atoms with E-state index in [1.54, 1.807) is 43.3 Å². The second-order valence-corrected chi connectivity index (χ2v) is 7.32. The van der Waals surface area contributed by atoms with Crippen molar-refractivity contribution in [1.29, 1.82) is 0 Å². The van der Waals surface area contributed by atoms with E-state index >= 15 is 0 Å². The standard InChI is InChI=1S/C18H13ClF3N3OS/c1-9-7-11(8-14(19)23-9)12-5-3-4-6-13(12)25-17(26)15-16(18(20,21)22)24-10(2)27-15/h3-8H,1-2H3,(H,25,26). The molecule has 0 bridgehead atoms. The van der Waals surface area contributed by atoms with Gasteiger partial charge >= 0.3 is 6.18 Å². The molecule has 3 aromatic rings. The van der Waals surface area contributed by atoms with Crippen molar-refractivity contribution in [2.24, 2.45) is 0 Å². The summed E-state index contributed by atoms with van der Waals surface area (Å²) in [7, 11) is 0. The van der Waals surface area contributed by atoms with E-state index in [0.29, 0.717) is 33.8 Å². The number of benzene rings is 1. The molecule has 9 heteroatoms. The highest BCUT2D eigenvalue weighted by molar-refractivity contribution is 7.13. The normalized spacial score (nSPS) is 11.5. The molecule has 1 aromatic carbocycles. The van der Waals surface area contributed by atoms with Gasteiger partial charge in [0.25, 0.3) is 5.91 Å². The first-order chi connectivity index (χ1) is 12.6. The molecule has 0 aliphatic heterocycles. The zero-order chi connectivity index (χ0) is 19.8. The van der Waals surface area contributed by atoms with Gasteiger partial charge in [0.1, 0.15) is 10.0 Å². The highest BCUT2D eigenvalue weighted by Crippen LogP contribution is 2.35. The molecule has 4 nitrogen and oxygen atoms in total. The van der Waals surface area contributed by atoms with Gasteiger partial charge in [0.2, 0.25) is 0 Å². The number of nitrogens with one attached hydrogen (secondary N) is 1. The number of para-hydroxylation sites is 1. The molecule has 27 heavy (non-hydrogen) atoms. The summed E-state index contributed by atoms with van der Waals surface area (Å²) in [5.41, 5.74) is 1.18. The molecular weight excluding hydrogens is 399 g/mol. The Morgan fingerprint density at radius 1 is 1.15 bits per heavy atom. The van der Waals surface area contributed by atoms with Gasteiger partial charge in [-0.3, -0.25) is 4.79 Å². The highest BCUT2D eigenvalue weighted by atomic mass is 35.5. The molecule has 0 saturated heterocycles. The third kappa shape index (κ3) is 4.28. The Kier molecular flexibility index (Phi) is 5.21.